The minimum Gasteiger partial charge on any atom is -0.462 e. The van der Waals surface area contributed by atoms with Gasteiger partial charge in [-0.25, -0.2) is 0 Å². The van der Waals surface area contributed by atoms with Crippen LogP contribution >= 0.6 is 0 Å². The highest BCUT2D eigenvalue weighted by molar-refractivity contribution is 5.71. The second-order valence-electron chi connectivity index (χ2n) is 22.0. The summed E-state index contributed by atoms with van der Waals surface area (Å²) >= 11 is 0. The van der Waals surface area contributed by atoms with Gasteiger partial charge in [0, 0.05) is 19.3 Å². The van der Waals surface area contributed by atoms with Crippen LogP contribution in [-0.2, 0) is 28.6 Å². The van der Waals surface area contributed by atoms with E-state index in [2.05, 4.69) is 32.9 Å². The summed E-state index contributed by atoms with van der Waals surface area (Å²) in [5.74, 6) is -0.837. The Morgan fingerprint density at radius 3 is 0.704 bits per heavy atom. The lowest BCUT2D eigenvalue weighted by molar-refractivity contribution is -0.167. The molecule has 0 N–H and O–H groups in total. The van der Waals surface area contributed by atoms with Crippen molar-refractivity contribution in [2.24, 2.45) is 0 Å². The van der Waals surface area contributed by atoms with Gasteiger partial charge in [-0.2, -0.15) is 0 Å². The minimum atomic E-state index is -0.767. The van der Waals surface area contributed by atoms with E-state index in [1.54, 1.807) is 0 Å². The Bertz CT molecular complexity index is 1100. The highest BCUT2D eigenvalue weighted by Gasteiger charge is 2.19. The number of hydrogen-bond acceptors (Lipinski definition) is 6. The first-order valence-corrected chi connectivity index (χ1v) is 32.2. The Morgan fingerprint density at radius 2 is 0.465 bits per heavy atom. The average Bonchev–Trinajstić information content (AvgIpc) is 3.37. The monoisotopic (exact) mass is 1000 g/mol. The molecule has 0 saturated heterocycles. The maximum atomic E-state index is 12.9. The van der Waals surface area contributed by atoms with Crippen LogP contribution in [0.5, 0.6) is 0 Å². The molecule has 1 atom stereocenters. The summed E-state index contributed by atoms with van der Waals surface area (Å²) in [5.41, 5.74) is 0. The second kappa shape index (κ2) is 60.7. The Balaban J connectivity index is 4.30. The summed E-state index contributed by atoms with van der Waals surface area (Å²) in [6, 6.07) is 0. The molecule has 0 radical (unpaired) electrons. The highest BCUT2D eigenvalue weighted by Crippen LogP contribution is 2.18. The van der Waals surface area contributed by atoms with E-state index in [4.69, 9.17) is 14.2 Å². The van der Waals surface area contributed by atoms with Crippen molar-refractivity contribution in [2.75, 3.05) is 13.2 Å². The van der Waals surface area contributed by atoms with Gasteiger partial charge in [0.1, 0.15) is 13.2 Å². The van der Waals surface area contributed by atoms with Gasteiger partial charge >= 0.3 is 17.9 Å². The first-order valence-electron chi connectivity index (χ1n) is 32.2. The van der Waals surface area contributed by atoms with Gasteiger partial charge in [-0.05, 0) is 44.9 Å². The molecule has 0 amide bonds. The molecule has 6 heteroatoms. The van der Waals surface area contributed by atoms with Gasteiger partial charge in [0.05, 0.1) is 0 Å². The lowest BCUT2D eigenvalue weighted by Crippen LogP contribution is -2.30. The molecule has 0 saturated carbocycles. The molecule has 0 aliphatic rings. The van der Waals surface area contributed by atoms with E-state index in [9.17, 15) is 14.4 Å². The Morgan fingerprint density at radius 1 is 0.268 bits per heavy atom. The van der Waals surface area contributed by atoms with E-state index < -0.39 is 6.10 Å². The van der Waals surface area contributed by atoms with Gasteiger partial charge in [-0.15, -0.1) is 0 Å². The largest absolute Gasteiger partial charge is 0.462 e. The van der Waals surface area contributed by atoms with Gasteiger partial charge in [0.15, 0.2) is 6.10 Å². The summed E-state index contributed by atoms with van der Waals surface area (Å²) in [6.45, 7) is 6.71. The van der Waals surface area contributed by atoms with Gasteiger partial charge in [-0.1, -0.05) is 315 Å². The molecule has 0 spiro atoms. The van der Waals surface area contributed by atoms with Crippen molar-refractivity contribution in [3.63, 3.8) is 0 Å². The van der Waals surface area contributed by atoms with Gasteiger partial charge < -0.3 is 14.2 Å². The minimum absolute atomic E-state index is 0.0645. The lowest BCUT2D eigenvalue weighted by Gasteiger charge is -2.18. The molecule has 0 aromatic carbocycles. The SMILES string of the molecule is CCCCCCCC/C=C\CCCCCCCCCC(=O)OCC(COC(=O)CCCCCCCCCCCCCCCCCCCC)OC(=O)CCCCCCCCCCCCCCCCCCCC. The number of esters is 3. The van der Waals surface area contributed by atoms with E-state index >= 15 is 0 Å². The molecule has 0 heterocycles. The molecule has 0 rings (SSSR count). The van der Waals surface area contributed by atoms with Crippen LogP contribution in [0.4, 0.5) is 0 Å². The van der Waals surface area contributed by atoms with Crippen LogP contribution in [-0.4, -0.2) is 37.2 Å². The van der Waals surface area contributed by atoms with E-state index in [0.717, 1.165) is 57.8 Å². The molecule has 71 heavy (non-hydrogen) atoms. The number of carbonyl (C=O) groups is 3. The fraction of sp³-hybridized carbons (Fsp3) is 0.923. The average molecular weight is 1000 g/mol. The van der Waals surface area contributed by atoms with Crippen molar-refractivity contribution in [1.82, 2.24) is 0 Å². The number of hydrogen-bond donors (Lipinski definition) is 0. The zero-order chi connectivity index (χ0) is 51.4. The highest BCUT2D eigenvalue weighted by atomic mass is 16.6. The second-order valence-corrected chi connectivity index (χ2v) is 22.0. The van der Waals surface area contributed by atoms with E-state index in [1.165, 1.54) is 270 Å². The first kappa shape index (κ1) is 69.2. The third-order valence-corrected chi connectivity index (χ3v) is 14.8. The van der Waals surface area contributed by atoms with Crippen LogP contribution < -0.4 is 0 Å². The van der Waals surface area contributed by atoms with Crippen LogP contribution in [0, 0.1) is 0 Å². The predicted molar refractivity (Wildman–Crippen MR) is 307 cm³/mol. The van der Waals surface area contributed by atoms with Crippen LogP contribution in [0.2, 0.25) is 0 Å². The standard InChI is InChI=1S/C65H124O6/c1-4-7-10-13-16-19-22-25-28-31-34-37-40-43-46-49-52-55-58-64(67)70-61-62(60-69-63(66)57-54-51-48-45-42-39-36-33-30-27-24-21-18-15-12-9-6-3)71-65(68)59-56-53-50-47-44-41-38-35-32-29-26-23-20-17-14-11-8-5-2/h27,30,62H,4-26,28-29,31-61H2,1-3H3/b30-27-. The van der Waals surface area contributed by atoms with Crippen LogP contribution in [0.3, 0.4) is 0 Å². The van der Waals surface area contributed by atoms with Crippen molar-refractivity contribution in [2.45, 2.75) is 374 Å². The number of rotatable bonds is 60. The number of unbranched alkanes of at least 4 members (excludes halogenated alkanes) is 47. The van der Waals surface area contributed by atoms with Gasteiger partial charge in [-0.3, -0.25) is 14.4 Å². The topological polar surface area (TPSA) is 78.9 Å². The number of ether oxygens (including phenoxy) is 3. The molecular formula is C65H124O6. The number of allylic oxidation sites excluding steroid dienone is 2. The van der Waals surface area contributed by atoms with Crippen molar-refractivity contribution in [3.8, 4) is 0 Å². The zero-order valence-corrected chi connectivity index (χ0v) is 48.3. The Hall–Kier alpha value is -1.85. The molecular weight excluding hydrogens is 877 g/mol. The summed E-state index contributed by atoms with van der Waals surface area (Å²) in [6.07, 6.45) is 70.7. The van der Waals surface area contributed by atoms with Gasteiger partial charge in [0.25, 0.3) is 0 Å². The summed E-state index contributed by atoms with van der Waals surface area (Å²) in [5, 5.41) is 0. The van der Waals surface area contributed by atoms with Crippen molar-refractivity contribution < 1.29 is 28.6 Å². The van der Waals surface area contributed by atoms with Crippen LogP contribution in [0.1, 0.15) is 367 Å². The molecule has 0 fully saturated rings. The smallest absolute Gasteiger partial charge is 0.306 e. The van der Waals surface area contributed by atoms with E-state index in [0.29, 0.717) is 19.3 Å². The zero-order valence-electron chi connectivity index (χ0n) is 48.3. The quantitative estimate of drug-likeness (QED) is 0.0261. The van der Waals surface area contributed by atoms with Crippen molar-refractivity contribution in [1.29, 1.82) is 0 Å². The number of carbonyl (C=O) groups excluding carboxylic acids is 3. The lowest BCUT2D eigenvalue weighted by atomic mass is 10.0. The maximum Gasteiger partial charge on any atom is 0.306 e. The van der Waals surface area contributed by atoms with Crippen LogP contribution in [0.15, 0.2) is 12.2 Å². The third kappa shape index (κ3) is 58.9. The maximum absolute atomic E-state index is 12.9. The first-order chi connectivity index (χ1) is 35.0. The molecule has 0 aliphatic carbocycles. The van der Waals surface area contributed by atoms with Crippen molar-refractivity contribution >= 4 is 17.9 Å². The fourth-order valence-electron chi connectivity index (χ4n) is 9.91. The Labute approximate surface area is 443 Å². The third-order valence-electron chi connectivity index (χ3n) is 14.8. The predicted octanol–water partition coefficient (Wildman–Crippen LogP) is 21.7. The van der Waals surface area contributed by atoms with E-state index in [-0.39, 0.29) is 31.1 Å². The Kier molecular flexibility index (Phi) is 59.1. The molecule has 0 aliphatic heterocycles. The molecule has 0 aromatic heterocycles. The molecule has 6 nitrogen and oxygen atoms in total. The normalized spacial score (nSPS) is 12.0. The molecule has 0 aromatic rings. The summed E-state index contributed by atoms with van der Waals surface area (Å²) in [7, 11) is 0. The van der Waals surface area contributed by atoms with Crippen molar-refractivity contribution in [3.05, 3.63) is 12.2 Å². The fourth-order valence-corrected chi connectivity index (χ4v) is 9.91. The molecule has 1 unspecified atom stereocenters. The summed E-state index contributed by atoms with van der Waals surface area (Å²) in [4.78, 5) is 38.3. The van der Waals surface area contributed by atoms with Crippen LogP contribution in [0.25, 0.3) is 0 Å². The summed E-state index contributed by atoms with van der Waals surface area (Å²) < 4.78 is 17.0. The molecule has 0 bridgehead atoms. The van der Waals surface area contributed by atoms with E-state index in [1.807, 2.05) is 0 Å². The molecule has 420 valence electrons. The van der Waals surface area contributed by atoms with Gasteiger partial charge in [0.2, 0.25) is 0 Å².